The van der Waals surface area contributed by atoms with Crippen LogP contribution >= 0.6 is 0 Å². The predicted molar refractivity (Wildman–Crippen MR) is 114 cm³/mol. The second kappa shape index (κ2) is 9.22. The van der Waals surface area contributed by atoms with Gasteiger partial charge in [0.2, 0.25) is 0 Å². The molecule has 0 fully saturated rings. The number of aryl methyl sites for hydroxylation is 1. The Morgan fingerprint density at radius 3 is 2.22 bits per heavy atom. The Balaban J connectivity index is 1.66. The van der Waals surface area contributed by atoms with Gasteiger partial charge < -0.3 is 0 Å². The van der Waals surface area contributed by atoms with Gasteiger partial charge in [-0.25, -0.2) is 8.42 Å². The number of amides is 2. The average Bonchev–Trinajstić information content (AvgIpc) is 2.78. The maximum atomic E-state index is 12.6. The molecule has 3 rings (SSSR count). The number of nitrogens with one attached hydrogen (secondary N) is 3. The molecule has 0 saturated carbocycles. The molecule has 3 N–H and O–H groups in total. The molecular weight excluding hydrogens is 438 g/mol. The van der Waals surface area contributed by atoms with Crippen molar-refractivity contribution in [2.75, 3.05) is 4.72 Å². The molecule has 0 aliphatic heterocycles. The second-order valence-corrected chi connectivity index (χ2v) is 8.22. The summed E-state index contributed by atoms with van der Waals surface area (Å²) in [6, 6.07) is 12.1. The van der Waals surface area contributed by atoms with Gasteiger partial charge in [-0.15, -0.1) is 0 Å². The van der Waals surface area contributed by atoms with Crippen molar-refractivity contribution in [3.8, 4) is 0 Å². The fourth-order valence-electron chi connectivity index (χ4n) is 2.61. The van der Waals surface area contributed by atoms with Crippen molar-refractivity contribution in [1.82, 2.24) is 15.8 Å². The number of nitrogens with zero attached hydrogens (tertiary/aromatic N) is 2. The molecule has 0 spiro atoms. The number of carbonyl (C=O) groups excluding carboxylic acids is 2. The molecule has 0 aliphatic rings. The molecule has 2 amide bonds. The average molecular weight is 455 g/mol. The fraction of sp³-hybridized carbons (Fsp3) is 0.0500. The smallest absolute Gasteiger partial charge is 0.273 e. The first kappa shape index (κ1) is 22.4. The molecule has 0 atom stereocenters. The first-order valence-electron chi connectivity index (χ1n) is 9.06. The maximum absolute atomic E-state index is 12.6. The van der Waals surface area contributed by atoms with Crippen LogP contribution in [0.4, 0.5) is 11.4 Å². The van der Waals surface area contributed by atoms with Gasteiger partial charge in [0.15, 0.2) is 0 Å². The van der Waals surface area contributed by atoms with E-state index < -0.39 is 26.8 Å². The van der Waals surface area contributed by atoms with Gasteiger partial charge in [0.05, 0.1) is 15.4 Å². The SMILES string of the molecule is Cc1ccc(S(=O)(=O)Nc2ccc(C(=O)NNC(=O)c3cccnc3)cc2)cc1[N+](=O)[O-]. The predicted octanol–water partition coefficient (Wildman–Crippen LogP) is 2.17. The lowest BCUT2D eigenvalue weighted by Gasteiger charge is -2.10. The van der Waals surface area contributed by atoms with Crippen molar-refractivity contribution in [2.45, 2.75) is 11.8 Å². The van der Waals surface area contributed by atoms with Gasteiger partial charge in [-0.2, -0.15) is 0 Å². The van der Waals surface area contributed by atoms with E-state index >= 15 is 0 Å². The number of rotatable bonds is 6. The number of pyridine rings is 1. The molecular formula is C20H17N5O6S. The Bertz CT molecular complexity index is 1280. The Kier molecular flexibility index (Phi) is 6.45. The number of hydrazine groups is 1. The quantitative estimate of drug-likeness (QED) is 0.379. The van der Waals surface area contributed by atoms with E-state index in [0.29, 0.717) is 5.56 Å². The number of nitro benzene ring substituents is 1. The number of aromatic nitrogens is 1. The van der Waals surface area contributed by atoms with Crippen LogP contribution in [0.5, 0.6) is 0 Å². The number of hydrogen-bond acceptors (Lipinski definition) is 7. The second-order valence-electron chi connectivity index (χ2n) is 6.54. The van der Waals surface area contributed by atoms with E-state index in [4.69, 9.17) is 0 Å². The van der Waals surface area contributed by atoms with Gasteiger partial charge in [0.25, 0.3) is 27.5 Å². The van der Waals surface area contributed by atoms with Crippen LogP contribution in [0.2, 0.25) is 0 Å². The largest absolute Gasteiger partial charge is 0.280 e. The molecule has 0 aliphatic carbocycles. The minimum atomic E-state index is -4.09. The first-order chi connectivity index (χ1) is 15.2. The molecule has 3 aromatic rings. The third kappa shape index (κ3) is 5.23. The lowest BCUT2D eigenvalue weighted by Crippen LogP contribution is -2.41. The van der Waals surface area contributed by atoms with Gasteiger partial charge in [-0.3, -0.25) is 40.3 Å². The molecule has 2 aromatic carbocycles. The van der Waals surface area contributed by atoms with Crippen LogP contribution in [0.25, 0.3) is 0 Å². The van der Waals surface area contributed by atoms with Gasteiger partial charge >= 0.3 is 0 Å². The van der Waals surface area contributed by atoms with Crippen LogP contribution in [-0.4, -0.2) is 30.1 Å². The Hall–Kier alpha value is -4.32. The monoisotopic (exact) mass is 455 g/mol. The van der Waals surface area contributed by atoms with Crippen molar-refractivity contribution in [3.05, 3.63) is 93.8 Å². The van der Waals surface area contributed by atoms with Crippen molar-refractivity contribution in [2.24, 2.45) is 0 Å². The summed E-state index contributed by atoms with van der Waals surface area (Å²) < 4.78 is 27.4. The van der Waals surface area contributed by atoms with Crippen LogP contribution in [0.3, 0.4) is 0 Å². The topological polar surface area (TPSA) is 160 Å². The third-order valence-electron chi connectivity index (χ3n) is 4.30. The summed E-state index contributed by atoms with van der Waals surface area (Å²) in [6.45, 7) is 1.50. The van der Waals surface area contributed by atoms with E-state index in [1.165, 1.54) is 61.8 Å². The Morgan fingerprint density at radius 2 is 1.62 bits per heavy atom. The number of sulfonamides is 1. The molecule has 12 heteroatoms. The lowest BCUT2D eigenvalue weighted by molar-refractivity contribution is -0.385. The van der Waals surface area contributed by atoms with E-state index in [2.05, 4.69) is 20.6 Å². The highest BCUT2D eigenvalue weighted by molar-refractivity contribution is 7.92. The standard InChI is InChI=1S/C20H17N5O6S/c1-13-4-9-17(11-18(13)25(28)29)32(30,31)24-16-7-5-14(6-8-16)19(26)22-23-20(27)15-3-2-10-21-12-15/h2-12,24H,1H3,(H,22,26)(H,23,27). The molecule has 11 nitrogen and oxygen atoms in total. The van der Waals surface area contributed by atoms with E-state index in [9.17, 15) is 28.1 Å². The summed E-state index contributed by atoms with van der Waals surface area (Å²) in [5.74, 6) is -1.17. The van der Waals surface area contributed by atoms with E-state index in [-0.39, 0.29) is 27.4 Å². The Labute approximate surface area is 182 Å². The van der Waals surface area contributed by atoms with Crippen LogP contribution < -0.4 is 15.6 Å². The zero-order valence-electron chi connectivity index (χ0n) is 16.6. The molecule has 0 saturated heterocycles. The highest BCUT2D eigenvalue weighted by Gasteiger charge is 2.20. The van der Waals surface area contributed by atoms with Gasteiger partial charge in [0.1, 0.15) is 0 Å². The van der Waals surface area contributed by atoms with Gasteiger partial charge in [-0.05, 0) is 49.4 Å². The molecule has 0 unspecified atom stereocenters. The number of carbonyl (C=O) groups is 2. The maximum Gasteiger partial charge on any atom is 0.273 e. The molecule has 0 radical (unpaired) electrons. The first-order valence-corrected chi connectivity index (χ1v) is 10.5. The van der Waals surface area contributed by atoms with Crippen molar-refractivity contribution in [3.63, 3.8) is 0 Å². The highest BCUT2D eigenvalue weighted by atomic mass is 32.2. The van der Waals surface area contributed by atoms with Crippen LogP contribution in [0.1, 0.15) is 26.3 Å². The van der Waals surface area contributed by atoms with Gasteiger partial charge in [-0.1, -0.05) is 6.07 Å². The summed E-state index contributed by atoms with van der Waals surface area (Å²) in [4.78, 5) is 38.1. The van der Waals surface area contributed by atoms with Gasteiger partial charge in [0, 0.05) is 35.3 Å². The zero-order chi connectivity index (χ0) is 23.3. The lowest BCUT2D eigenvalue weighted by atomic mass is 10.2. The zero-order valence-corrected chi connectivity index (χ0v) is 17.4. The van der Waals surface area contributed by atoms with E-state index in [0.717, 1.165) is 6.07 Å². The van der Waals surface area contributed by atoms with E-state index in [1.54, 1.807) is 6.07 Å². The molecule has 164 valence electrons. The van der Waals surface area contributed by atoms with Crippen LogP contribution in [-0.2, 0) is 10.0 Å². The summed E-state index contributed by atoms with van der Waals surface area (Å²) >= 11 is 0. The number of nitro groups is 1. The van der Waals surface area contributed by atoms with Crippen molar-refractivity contribution in [1.29, 1.82) is 0 Å². The fourth-order valence-corrected chi connectivity index (χ4v) is 3.69. The minimum Gasteiger partial charge on any atom is -0.280 e. The normalized spacial score (nSPS) is 10.8. The van der Waals surface area contributed by atoms with E-state index in [1.807, 2.05) is 0 Å². The molecule has 0 bridgehead atoms. The number of benzene rings is 2. The molecule has 32 heavy (non-hydrogen) atoms. The summed E-state index contributed by atoms with van der Waals surface area (Å²) in [5.41, 5.74) is 5.07. The highest BCUT2D eigenvalue weighted by Crippen LogP contribution is 2.24. The number of hydrogen-bond donors (Lipinski definition) is 3. The summed E-state index contributed by atoms with van der Waals surface area (Å²) in [5, 5.41) is 11.1. The van der Waals surface area contributed by atoms with Crippen molar-refractivity contribution >= 4 is 33.2 Å². The van der Waals surface area contributed by atoms with Crippen LogP contribution in [0.15, 0.2) is 71.9 Å². The Morgan fingerprint density at radius 1 is 0.969 bits per heavy atom. The number of anilines is 1. The summed E-state index contributed by atoms with van der Waals surface area (Å²) in [7, 11) is -4.09. The van der Waals surface area contributed by atoms with Crippen LogP contribution in [0, 0.1) is 17.0 Å². The van der Waals surface area contributed by atoms with Crippen molar-refractivity contribution < 1.29 is 22.9 Å². The molecule has 1 aromatic heterocycles. The molecule has 1 heterocycles. The summed E-state index contributed by atoms with van der Waals surface area (Å²) in [6.07, 6.45) is 2.84. The minimum absolute atomic E-state index is 0.143. The third-order valence-corrected chi connectivity index (χ3v) is 5.68.